The number of esters is 1. The Morgan fingerprint density at radius 2 is 1.94 bits per heavy atom. The zero-order valence-corrected chi connectivity index (χ0v) is 22.3. The van der Waals surface area contributed by atoms with Crippen LogP contribution in [0.25, 0.3) is 0 Å². The topological polar surface area (TPSA) is 91.4 Å². The van der Waals surface area contributed by atoms with Gasteiger partial charge in [0.2, 0.25) is 5.91 Å². The third-order valence-corrected chi connectivity index (χ3v) is 7.59. The summed E-state index contributed by atoms with van der Waals surface area (Å²) in [6.45, 7) is 12.8. The molecule has 35 heavy (non-hydrogen) atoms. The monoisotopic (exact) mass is 595 g/mol. The number of hydrogen-bond acceptors (Lipinski definition) is 7. The third kappa shape index (κ3) is 5.30. The predicted molar refractivity (Wildman–Crippen MR) is 137 cm³/mol. The number of nitrogens with zero attached hydrogens (tertiary/aromatic N) is 1. The molecule has 0 saturated carbocycles. The molecule has 1 saturated heterocycles. The van der Waals surface area contributed by atoms with Crippen molar-refractivity contribution in [2.75, 3.05) is 19.8 Å². The molecule has 0 radical (unpaired) electrons. The van der Waals surface area contributed by atoms with Gasteiger partial charge in [-0.15, -0.1) is 6.58 Å². The summed E-state index contributed by atoms with van der Waals surface area (Å²) in [5.74, 6) is -2.55. The lowest BCUT2D eigenvalue weighted by molar-refractivity contribution is -0.271. The van der Waals surface area contributed by atoms with Gasteiger partial charge in [0, 0.05) is 11.5 Å². The molecular weight excluding hydrogens is 565 g/mol. The molecule has 0 N–H and O–H groups in total. The highest BCUT2D eigenvalue weighted by atomic mass is 127. The Morgan fingerprint density at radius 1 is 1.23 bits per heavy atom. The van der Waals surface area contributed by atoms with Crippen LogP contribution >= 0.6 is 22.6 Å². The molecule has 9 heteroatoms. The van der Waals surface area contributed by atoms with E-state index in [-0.39, 0.29) is 37.3 Å². The lowest BCUT2D eigenvalue weighted by atomic mass is 9.74. The van der Waals surface area contributed by atoms with Gasteiger partial charge >= 0.3 is 11.9 Å². The normalized spacial score (nSPS) is 21.7. The maximum atomic E-state index is 13.2. The summed E-state index contributed by atoms with van der Waals surface area (Å²) < 4.78 is 12.4. The van der Waals surface area contributed by atoms with Crippen LogP contribution in [0.4, 0.5) is 0 Å². The molecule has 2 aliphatic rings. The number of amides is 1. The van der Waals surface area contributed by atoms with Gasteiger partial charge in [-0.05, 0) is 40.6 Å². The molecule has 1 aromatic rings. The summed E-state index contributed by atoms with van der Waals surface area (Å²) in [6, 6.07) is 5.45. The van der Waals surface area contributed by atoms with Crippen LogP contribution < -0.4 is 4.74 Å². The second kappa shape index (κ2) is 11.9. The molecule has 0 aliphatic carbocycles. The van der Waals surface area contributed by atoms with Gasteiger partial charge in [-0.3, -0.25) is 9.68 Å². The number of benzene rings is 1. The molecule has 1 aromatic carbocycles. The number of aryl methyl sites for hydroxylation is 1. The predicted octanol–water partition coefficient (Wildman–Crippen LogP) is 3.99. The van der Waals surface area contributed by atoms with Crippen LogP contribution in [0, 0.1) is 21.3 Å². The number of halogens is 1. The second-order valence-electron chi connectivity index (χ2n) is 8.41. The van der Waals surface area contributed by atoms with Crippen molar-refractivity contribution in [2.45, 2.75) is 33.2 Å². The van der Waals surface area contributed by atoms with Crippen molar-refractivity contribution >= 4 is 40.4 Å². The number of carbonyl (C=O) groups is 3. The van der Waals surface area contributed by atoms with Crippen molar-refractivity contribution in [1.29, 1.82) is 0 Å². The minimum Gasteiger partial charge on any atom is -0.488 e. The first-order valence-corrected chi connectivity index (χ1v) is 12.5. The first-order valence-electron chi connectivity index (χ1n) is 11.5. The molecule has 0 bridgehead atoms. The van der Waals surface area contributed by atoms with Crippen LogP contribution in [0.15, 0.2) is 54.8 Å². The van der Waals surface area contributed by atoms with Gasteiger partial charge in [-0.1, -0.05) is 51.6 Å². The third-order valence-electron chi connectivity index (χ3n) is 6.37. The number of ether oxygens (including phenoxy) is 2. The number of carbonyl (C=O) groups excluding carboxylic acids is 3. The lowest BCUT2D eigenvalue weighted by Gasteiger charge is -2.47. The zero-order valence-electron chi connectivity index (χ0n) is 20.1. The molecule has 3 rings (SSSR count). The molecule has 2 heterocycles. The Bertz CT molecular complexity index is 1050. The van der Waals surface area contributed by atoms with E-state index in [1.54, 1.807) is 6.92 Å². The van der Waals surface area contributed by atoms with Crippen molar-refractivity contribution in [3.63, 3.8) is 0 Å². The quantitative estimate of drug-likeness (QED) is 0.0687. The van der Waals surface area contributed by atoms with E-state index in [0.29, 0.717) is 11.3 Å². The first-order chi connectivity index (χ1) is 16.8. The maximum absolute atomic E-state index is 13.2. The molecular formula is C26H30INO7. The number of fused-ring (bicyclic) bond motifs is 1. The molecule has 4 unspecified atom stereocenters. The lowest BCUT2D eigenvalue weighted by Crippen LogP contribution is -2.63. The summed E-state index contributed by atoms with van der Waals surface area (Å²) >= 11 is 2.25. The van der Waals surface area contributed by atoms with E-state index in [9.17, 15) is 14.4 Å². The van der Waals surface area contributed by atoms with Crippen molar-refractivity contribution < 1.29 is 33.6 Å². The molecule has 1 fully saturated rings. The summed E-state index contributed by atoms with van der Waals surface area (Å²) in [5, 5.41) is 0. The van der Waals surface area contributed by atoms with Crippen molar-refractivity contribution in [3.05, 3.63) is 63.9 Å². The average molecular weight is 595 g/mol. The van der Waals surface area contributed by atoms with E-state index >= 15 is 0 Å². The van der Waals surface area contributed by atoms with Crippen molar-refractivity contribution in [1.82, 2.24) is 4.90 Å². The Kier molecular flexibility index (Phi) is 9.12. The molecule has 188 valence electrons. The van der Waals surface area contributed by atoms with Gasteiger partial charge < -0.3 is 14.4 Å². The van der Waals surface area contributed by atoms with Crippen LogP contribution in [-0.4, -0.2) is 48.6 Å². The number of β-lactam (4-membered cyclic amide) rings is 1. The van der Waals surface area contributed by atoms with Gasteiger partial charge in [0.05, 0.1) is 21.4 Å². The second-order valence-corrected chi connectivity index (χ2v) is 9.49. The fourth-order valence-corrected chi connectivity index (χ4v) is 5.40. The molecule has 0 spiro atoms. The summed E-state index contributed by atoms with van der Waals surface area (Å²) in [4.78, 5) is 49.6. The van der Waals surface area contributed by atoms with E-state index in [4.69, 9.17) is 19.2 Å². The van der Waals surface area contributed by atoms with Gasteiger partial charge in [0.25, 0.3) is 0 Å². The van der Waals surface area contributed by atoms with Crippen LogP contribution in [-0.2, 0) is 35.3 Å². The Hall–Kier alpha value is -2.66. The van der Waals surface area contributed by atoms with Crippen LogP contribution in [0.5, 0.6) is 5.75 Å². The van der Waals surface area contributed by atoms with E-state index in [2.05, 4.69) is 42.7 Å². The van der Waals surface area contributed by atoms with E-state index in [1.807, 2.05) is 25.1 Å². The Labute approximate surface area is 219 Å². The van der Waals surface area contributed by atoms with E-state index < -0.39 is 29.8 Å². The highest BCUT2D eigenvalue weighted by Gasteiger charge is 2.61. The zero-order chi connectivity index (χ0) is 25.7. The molecule has 4 atom stereocenters. The largest absolute Gasteiger partial charge is 0.488 e. The smallest absolute Gasteiger partial charge is 0.355 e. The van der Waals surface area contributed by atoms with Gasteiger partial charge in [-0.25, -0.2) is 9.59 Å². The van der Waals surface area contributed by atoms with Crippen molar-refractivity contribution in [3.8, 4) is 5.75 Å². The summed E-state index contributed by atoms with van der Waals surface area (Å²) in [6.07, 6.45) is 3.78. The fraction of sp³-hybridized carbons (Fsp3) is 0.423. The fourth-order valence-electron chi connectivity index (χ4n) is 4.50. The standard InChI is InChI=1S/C26H30INO7/c1-6-12-32-26(31)23-18(14-33-19-11-9-10-17(8-3)21(19)27)15(4)22-20(24(29)28(22)23)16(5)25(30)35-34-13-7-2/h6-7,9-11,15-16,20,22H,1-2,8,12-14H2,3-5H3. The van der Waals surface area contributed by atoms with Gasteiger partial charge in [0.15, 0.2) is 0 Å². The van der Waals surface area contributed by atoms with Crippen LogP contribution in [0.1, 0.15) is 26.3 Å². The highest BCUT2D eigenvalue weighted by molar-refractivity contribution is 14.1. The summed E-state index contributed by atoms with van der Waals surface area (Å²) in [5.41, 5.74) is 1.99. The molecule has 2 aliphatic heterocycles. The molecule has 1 amide bonds. The first kappa shape index (κ1) is 26.9. The average Bonchev–Trinajstić information content (AvgIpc) is 3.10. The SMILES string of the molecule is C=CCOOC(=O)C(C)C1C(=O)N2C(C(=O)OCC=C)=C(COc3cccc(CC)c3I)C(C)C12. The number of hydrogen-bond donors (Lipinski definition) is 0. The Balaban J connectivity index is 1.85. The molecule has 8 nitrogen and oxygen atoms in total. The van der Waals surface area contributed by atoms with Crippen molar-refractivity contribution in [2.24, 2.45) is 17.8 Å². The maximum Gasteiger partial charge on any atom is 0.355 e. The highest BCUT2D eigenvalue weighted by Crippen LogP contribution is 2.49. The van der Waals surface area contributed by atoms with Crippen LogP contribution in [0.3, 0.4) is 0 Å². The van der Waals surface area contributed by atoms with Crippen LogP contribution in [0.2, 0.25) is 0 Å². The Morgan fingerprint density at radius 3 is 2.60 bits per heavy atom. The number of rotatable bonds is 12. The summed E-state index contributed by atoms with van der Waals surface area (Å²) in [7, 11) is 0. The van der Waals surface area contributed by atoms with E-state index in [0.717, 1.165) is 15.6 Å². The minimum atomic E-state index is -0.760. The van der Waals surface area contributed by atoms with Gasteiger partial charge in [0.1, 0.15) is 31.3 Å². The van der Waals surface area contributed by atoms with Gasteiger partial charge in [-0.2, -0.15) is 4.89 Å². The van der Waals surface area contributed by atoms with E-state index in [1.165, 1.54) is 17.1 Å². The minimum absolute atomic E-state index is 0.0147. The molecule has 0 aromatic heterocycles.